The summed E-state index contributed by atoms with van der Waals surface area (Å²) in [5, 5.41) is 3.95. The lowest BCUT2D eigenvalue weighted by Gasteiger charge is -2.26. The quantitative estimate of drug-likeness (QED) is 0.520. The Kier molecular flexibility index (Phi) is 7.12. The molecule has 9 nitrogen and oxygen atoms in total. The van der Waals surface area contributed by atoms with Crippen LogP contribution in [0.15, 0.2) is 32.3 Å². The number of nitrogens with zero attached hydrogens (tertiary/aromatic N) is 4. The van der Waals surface area contributed by atoms with Crippen LogP contribution in [0.25, 0.3) is 11.4 Å². The monoisotopic (exact) mass is 444 g/mol. The number of hydrogen-bond acceptors (Lipinski definition) is 7. The van der Waals surface area contributed by atoms with Gasteiger partial charge in [-0.15, -0.1) is 0 Å². The molecule has 0 unspecified atom stereocenters. The molecule has 0 bridgehead atoms. The molecule has 0 spiro atoms. The van der Waals surface area contributed by atoms with Gasteiger partial charge in [-0.25, -0.2) is 9.18 Å². The molecule has 2 aromatic heterocycles. The topological polar surface area (TPSA) is 123 Å². The number of nitrogens with two attached hydrogens (primary N) is 1. The first-order chi connectivity index (χ1) is 15.2. The van der Waals surface area contributed by atoms with Gasteiger partial charge in [-0.2, -0.15) is 4.98 Å². The second-order valence-corrected chi connectivity index (χ2v) is 8.25. The van der Waals surface area contributed by atoms with E-state index in [1.54, 1.807) is 24.0 Å². The van der Waals surface area contributed by atoms with Gasteiger partial charge in [0.05, 0.1) is 6.54 Å². The molecule has 0 atom stereocenters. The van der Waals surface area contributed by atoms with Gasteiger partial charge in [0, 0.05) is 18.7 Å². The zero-order chi connectivity index (χ0) is 23.4. The summed E-state index contributed by atoms with van der Waals surface area (Å²) in [6.45, 7) is 8.66. The third-order valence-corrected chi connectivity index (χ3v) is 5.08. The minimum absolute atomic E-state index is 0.105. The second kappa shape index (κ2) is 9.80. The van der Waals surface area contributed by atoms with Gasteiger partial charge in [0.1, 0.15) is 17.3 Å². The standard InChI is InChI=1S/C22H29FN6O3/c1-5-6-9-29-19(24)18(21(30)26-22(29)31)28(11-13(2)3)12-17-25-20(27-32-17)15-8-7-14(4)16(23)10-15/h7-8,10,13H,5-6,9,11-12,24H2,1-4H3,(H,26,30,31). The molecule has 0 aliphatic heterocycles. The first-order valence-electron chi connectivity index (χ1n) is 10.7. The van der Waals surface area contributed by atoms with Crippen LogP contribution in [-0.4, -0.2) is 26.2 Å². The van der Waals surface area contributed by atoms with Gasteiger partial charge in [0.25, 0.3) is 5.56 Å². The Labute approximate surface area is 185 Å². The number of anilines is 2. The molecule has 0 saturated carbocycles. The Morgan fingerprint density at radius 2 is 2.06 bits per heavy atom. The van der Waals surface area contributed by atoms with Crippen molar-refractivity contribution >= 4 is 11.5 Å². The fourth-order valence-corrected chi connectivity index (χ4v) is 3.43. The van der Waals surface area contributed by atoms with E-state index in [0.717, 1.165) is 12.8 Å². The predicted octanol–water partition coefficient (Wildman–Crippen LogP) is 3.08. The highest BCUT2D eigenvalue weighted by Gasteiger charge is 2.22. The van der Waals surface area contributed by atoms with E-state index in [1.807, 2.05) is 20.8 Å². The number of nitrogen functional groups attached to an aromatic ring is 1. The lowest BCUT2D eigenvalue weighted by Crippen LogP contribution is -2.39. The van der Waals surface area contributed by atoms with Gasteiger partial charge in [0.2, 0.25) is 11.7 Å². The molecule has 3 N–H and O–H groups in total. The minimum Gasteiger partial charge on any atom is -0.383 e. The molecule has 3 rings (SSSR count). The smallest absolute Gasteiger partial charge is 0.330 e. The lowest BCUT2D eigenvalue weighted by atomic mass is 10.1. The summed E-state index contributed by atoms with van der Waals surface area (Å²) in [6.07, 6.45) is 1.63. The summed E-state index contributed by atoms with van der Waals surface area (Å²) in [5.74, 6) is 0.417. The Morgan fingerprint density at radius 3 is 2.72 bits per heavy atom. The lowest BCUT2D eigenvalue weighted by molar-refractivity contribution is 0.374. The molecule has 10 heteroatoms. The van der Waals surface area contributed by atoms with Crippen LogP contribution >= 0.6 is 0 Å². The number of hydrogen-bond donors (Lipinski definition) is 2. The van der Waals surface area contributed by atoms with Gasteiger partial charge in [-0.1, -0.05) is 44.5 Å². The van der Waals surface area contributed by atoms with Crippen molar-refractivity contribution in [3.05, 3.63) is 56.3 Å². The second-order valence-electron chi connectivity index (χ2n) is 8.25. The Morgan fingerprint density at radius 1 is 1.31 bits per heavy atom. The highest BCUT2D eigenvalue weighted by atomic mass is 19.1. The molecule has 2 heterocycles. The molecule has 0 aliphatic rings. The van der Waals surface area contributed by atoms with Crippen LogP contribution < -0.4 is 21.9 Å². The average Bonchev–Trinajstić information content (AvgIpc) is 3.17. The molecule has 0 radical (unpaired) electrons. The fraction of sp³-hybridized carbons (Fsp3) is 0.455. The van der Waals surface area contributed by atoms with Gasteiger partial charge in [-0.05, 0) is 30.9 Å². The molecule has 0 fully saturated rings. The minimum atomic E-state index is -0.568. The van der Waals surface area contributed by atoms with Gasteiger partial charge >= 0.3 is 5.69 Å². The number of unbranched alkanes of at least 4 members (excludes halogenated alkanes) is 1. The van der Waals surface area contributed by atoms with Crippen LogP contribution in [-0.2, 0) is 13.1 Å². The molecule has 3 aromatic rings. The van der Waals surface area contributed by atoms with Crippen molar-refractivity contribution in [1.82, 2.24) is 19.7 Å². The van der Waals surface area contributed by atoms with Crippen molar-refractivity contribution in [3.63, 3.8) is 0 Å². The number of rotatable bonds is 9. The molecule has 32 heavy (non-hydrogen) atoms. The van der Waals surface area contributed by atoms with Crippen LogP contribution in [0.1, 0.15) is 45.1 Å². The number of aromatic nitrogens is 4. The molecule has 172 valence electrons. The number of aromatic amines is 1. The molecular formula is C22H29FN6O3. The maximum atomic E-state index is 13.9. The summed E-state index contributed by atoms with van der Waals surface area (Å²) < 4.78 is 20.7. The van der Waals surface area contributed by atoms with E-state index in [1.165, 1.54) is 10.6 Å². The normalized spacial score (nSPS) is 11.3. The Bertz CT molecular complexity index is 1200. The number of benzene rings is 1. The fourth-order valence-electron chi connectivity index (χ4n) is 3.43. The van der Waals surface area contributed by atoms with E-state index in [0.29, 0.717) is 24.2 Å². The third-order valence-electron chi connectivity index (χ3n) is 5.08. The van der Waals surface area contributed by atoms with Gasteiger partial charge < -0.3 is 15.2 Å². The van der Waals surface area contributed by atoms with Crippen molar-refractivity contribution in [2.24, 2.45) is 5.92 Å². The van der Waals surface area contributed by atoms with E-state index in [-0.39, 0.29) is 41.5 Å². The number of aryl methyl sites for hydroxylation is 1. The Balaban J connectivity index is 1.97. The Hall–Kier alpha value is -3.43. The maximum Gasteiger partial charge on any atom is 0.330 e. The highest BCUT2D eigenvalue weighted by molar-refractivity contribution is 5.62. The van der Waals surface area contributed by atoms with E-state index in [4.69, 9.17) is 10.3 Å². The number of nitrogens with one attached hydrogen (secondary N) is 1. The maximum absolute atomic E-state index is 13.9. The summed E-state index contributed by atoms with van der Waals surface area (Å²) >= 11 is 0. The van der Waals surface area contributed by atoms with Crippen LogP contribution in [0.4, 0.5) is 15.9 Å². The van der Waals surface area contributed by atoms with Crippen LogP contribution in [0.2, 0.25) is 0 Å². The average molecular weight is 445 g/mol. The highest BCUT2D eigenvalue weighted by Crippen LogP contribution is 2.23. The summed E-state index contributed by atoms with van der Waals surface area (Å²) in [7, 11) is 0. The largest absolute Gasteiger partial charge is 0.383 e. The molecular weight excluding hydrogens is 415 g/mol. The third kappa shape index (κ3) is 5.06. The van der Waals surface area contributed by atoms with E-state index < -0.39 is 11.2 Å². The van der Waals surface area contributed by atoms with E-state index >= 15 is 0 Å². The van der Waals surface area contributed by atoms with Crippen LogP contribution in [0.5, 0.6) is 0 Å². The SMILES string of the molecule is CCCCn1c(N)c(N(Cc2nc(-c3ccc(C)c(F)c3)no2)CC(C)C)c(=O)[nH]c1=O. The summed E-state index contributed by atoms with van der Waals surface area (Å²) in [5.41, 5.74) is 6.38. The molecule has 0 aliphatic carbocycles. The molecule has 0 saturated heterocycles. The van der Waals surface area contributed by atoms with Crippen LogP contribution in [0, 0.1) is 18.7 Å². The first-order valence-corrected chi connectivity index (χ1v) is 10.7. The van der Waals surface area contributed by atoms with E-state index in [9.17, 15) is 14.0 Å². The van der Waals surface area contributed by atoms with Crippen molar-refractivity contribution in [3.8, 4) is 11.4 Å². The molecule has 1 aromatic carbocycles. The van der Waals surface area contributed by atoms with Crippen molar-refractivity contribution in [2.75, 3.05) is 17.2 Å². The molecule has 0 amide bonds. The zero-order valence-corrected chi connectivity index (χ0v) is 18.8. The number of halogens is 1. The zero-order valence-electron chi connectivity index (χ0n) is 18.8. The first kappa shape index (κ1) is 23.2. The van der Waals surface area contributed by atoms with Crippen molar-refractivity contribution in [2.45, 2.75) is 53.6 Å². The van der Waals surface area contributed by atoms with Gasteiger partial charge in [0.15, 0.2) is 0 Å². The summed E-state index contributed by atoms with van der Waals surface area (Å²) in [6, 6.07) is 4.71. The van der Waals surface area contributed by atoms with Crippen molar-refractivity contribution in [1.29, 1.82) is 0 Å². The predicted molar refractivity (Wildman–Crippen MR) is 121 cm³/mol. The van der Waals surface area contributed by atoms with Crippen LogP contribution in [0.3, 0.4) is 0 Å². The van der Waals surface area contributed by atoms with Crippen molar-refractivity contribution < 1.29 is 8.91 Å². The summed E-state index contributed by atoms with van der Waals surface area (Å²) in [4.78, 5) is 33.4. The number of H-pyrrole nitrogens is 1. The van der Waals surface area contributed by atoms with E-state index in [2.05, 4.69) is 15.1 Å². The van der Waals surface area contributed by atoms with Gasteiger partial charge in [-0.3, -0.25) is 14.3 Å².